The highest BCUT2D eigenvalue weighted by Crippen LogP contribution is 2.29. The van der Waals surface area contributed by atoms with Gasteiger partial charge in [0, 0.05) is 12.5 Å². The first-order valence-corrected chi connectivity index (χ1v) is 6.80. The fourth-order valence-corrected chi connectivity index (χ4v) is 1.93. The lowest BCUT2D eigenvalue weighted by Crippen LogP contribution is -2.36. The Morgan fingerprint density at radius 3 is 2.79 bits per heavy atom. The molecule has 0 bridgehead atoms. The van der Waals surface area contributed by atoms with Crippen molar-refractivity contribution in [1.29, 1.82) is 0 Å². The fraction of sp³-hybridized carbons (Fsp3) is 0.333. The van der Waals surface area contributed by atoms with Crippen LogP contribution in [0.5, 0.6) is 0 Å². The van der Waals surface area contributed by atoms with Crippen LogP contribution in [0.1, 0.15) is 19.8 Å². The van der Waals surface area contributed by atoms with Gasteiger partial charge in [0.1, 0.15) is 0 Å². The van der Waals surface area contributed by atoms with Gasteiger partial charge in [0.25, 0.3) is 0 Å². The molecule has 0 radical (unpaired) electrons. The van der Waals surface area contributed by atoms with Crippen LogP contribution in [0.15, 0.2) is 22.7 Å². The van der Waals surface area contributed by atoms with Crippen molar-refractivity contribution in [2.45, 2.75) is 25.8 Å². The summed E-state index contributed by atoms with van der Waals surface area (Å²) in [6, 6.07) is 4.49. The molecule has 0 fully saturated rings. The second-order valence-electron chi connectivity index (χ2n) is 4.03. The molecule has 0 heterocycles. The number of hydrogen-bond acceptors (Lipinski definition) is 2. The zero-order chi connectivity index (χ0) is 14.4. The van der Waals surface area contributed by atoms with E-state index in [1.165, 1.54) is 0 Å². The van der Waals surface area contributed by atoms with Crippen LogP contribution >= 0.6 is 27.5 Å². The van der Waals surface area contributed by atoms with Gasteiger partial charge in [-0.05, 0) is 41.4 Å². The number of carboxylic acid groups (broad SMARTS) is 1. The molecule has 0 aliphatic rings. The molecule has 1 aromatic carbocycles. The minimum absolute atomic E-state index is 0.0162. The third-order valence-corrected chi connectivity index (χ3v) is 3.77. The Bertz CT molecular complexity index is 482. The number of urea groups is 1. The maximum absolute atomic E-state index is 11.7. The molecule has 0 saturated carbocycles. The van der Waals surface area contributed by atoms with E-state index < -0.39 is 12.0 Å². The zero-order valence-corrected chi connectivity index (χ0v) is 12.6. The van der Waals surface area contributed by atoms with Gasteiger partial charge in [-0.2, -0.15) is 0 Å². The summed E-state index contributed by atoms with van der Waals surface area (Å²) < 4.78 is 0.602. The molecule has 1 unspecified atom stereocenters. The predicted octanol–water partition coefficient (Wildman–Crippen LogP) is 3.48. The van der Waals surface area contributed by atoms with Crippen LogP contribution in [0.2, 0.25) is 5.02 Å². The van der Waals surface area contributed by atoms with Gasteiger partial charge in [0.15, 0.2) is 0 Å². The number of aliphatic carboxylic acids is 1. The van der Waals surface area contributed by atoms with Crippen LogP contribution in [0.3, 0.4) is 0 Å². The smallest absolute Gasteiger partial charge is 0.319 e. The minimum atomic E-state index is -0.883. The summed E-state index contributed by atoms with van der Waals surface area (Å²) in [5.41, 5.74) is 0.551. The van der Waals surface area contributed by atoms with Gasteiger partial charge < -0.3 is 15.7 Å². The Morgan fingerprint density at radius 2 is 2.16 bits per heavy atom. The van der Waals surface area contributed by atoms with Crippen LogP contribution in [-0.2, 0) is 4.79 Å². The minimum Gasteiger partial charge on any atom is -0.481 e. The predicted molar refractivity (Wildman–Crippen MR) is 77.6 cm³/mol. The molecule has 1 rings (SSSR count). The van der Waals surface area contributed by atoms with E-state index >= 15 is 0 Å². The normalized spacial score (nSPS) is 11.7. The monoisotopic (exact) mass is 348 g/mol. The van der Waals surface area contributed by atoms with Gasteiger partial charge in [-0.25, -0.2) is 4.79 Å². The molecule has 0 spiro atoms. The number of halogens is 2. The van der Waals surface area contributed by atoms with Crippen LogP contribution in [0.4, 0.5) is 10.5 Å². The van der Waals surface area contributed by atoms with Crippen LogP contribution < -0.4 is 10.6 Å². The van der Waals surface area contributed by atoms with E-state index in [9.17, 15) is 9.59 Å². The van der Waals surface area contributed by atoms with Crippen molar-refractivity contribution < 1.29 is 14.7 Å². The van der Waals surface area contributed by atoms with Gasteiger partial charge in [-0.15, -0.1) is 0 Å². The Morgan fingerprint density at radius 1 is 1.47 bits per heavy atom. The SMILES string of the molecule is CC(CCC(=O)O)NC(=O)Nc1cccc(Cl)c1Br. The zero-order valence-electron chi connectivity index (χ0n) is 10.2. The fourth-order valence-electron chi connectivity index (χ4n) is 1.39. The van der Waals surface area contributed by atoms with Gasteiger partial charge in [0.05, 0.1) is 15.2 Å². The van der Waals surface area contributed by atoms with E-state index in [1.807, 2.05) is 0 Å². The number of hydrogen-bond donors (Lipinski definition) is 3. The number of rotatable bonds is 5. The molecule has 19 heavy (non-hydrogen) atoms. The lowest BCUT2D eigenvalue weighted by Gasteiger charge is -2.14. The first kappa shape index (κ1) is 15.8. The lowest BCUT2D eigenvalue weighted by molar-refractivity contribution is -0.137. The van der Waals surface area contributed by atoms with Crippen molar-refractivity contribution in [3.8, 4) is 0 Å². The van der Waals surface area contributed by atoms with Crippen molar-refractivity contribution in [1.82, 2.24) is 5.32 Å². The molecule has 2 amide bonds. The molecule has 5 nitrogen and oxygen atoms in total. The topological polar surface area (TPSA) is 78.4 Å². The van der Waals surface area contributed by atoms with E-state index in [1.54, 1.807) is 25.1 Å². The summed E-state index contributed by atoms with van der Waals surface area (Å²) in [6.45, 7) is 1.75. The van der Waals surface area contributed by atoms with E-state index in [0.29, 0.717) is 21.6 Å². The summed E-state index contributed by atoms with van der Waals surface area (Å²) in [5, 5.41) is 14.3. The van der Waals surface area contributed by atoms with Crippen LogP contribution in [0.25, 0.3) is 0 Å². The summed E-state index contributed by atoms with van der Waals surface area (Å²) in [5.74, 6) is -0.883. The molecular formula is C12H14BrClN2O3. The number of benzene rings is 1. The molecule has 3 N–H and O–H groups in total. The second-order valence-corrected chi connectivity index (χ2v) is 5.23. The maximum atomic E-state index is 11.7. The highest BCUT2D eigenvalue weighted by atomic mass is 79.9. The average molecular weight is 350 g/mol. The number of amides is 2. The highest BCUT2D eigenvalue weighted by molar-refractivity contribution is 9.10. The Balaban J connectivity index is 2.51. The Kier molecular flexibility index (Phi) is 6.11. The largest absolute Gasteiger partial charge is 0.481 e. The van der Waals surface area contributed by atoms with Crippen molar-refractivity contribution in [3.05, 3.63) is 27.7 Å². The summed E-state index contributed by atoms with van der Waals surface area (Å²) in [7, 11) is 0. The van der Waals surface area contributed by atoms with E-state index in [2.05, 4.69) is 26.6 Å². The molecule has 7 heteroatoms. The van der Waals surface area contributed by atoms with Gasteiger partial charge in [-0.3, -0.25) is 4.79 Å². The lowest BCUT2D eigenvalue weighted by atomic mass is 10.2. The molecule has 0 aliphatic heterocycles. The Hall–Kier alpha value is -1.27. The number of carbonyl (C=O) groups excluding carboxylic acids is 1. The van der Waals surface area contributed by atoms with E-state index in [-0.39, 0.29) is 12.5 Å². The number of carbonyl (C=O) groups is 2. The first-order chi connectivity index (χ1) is 8.90. The highest BCUT2D eigenvalue weighted by Gasteiger charge is 2.11. The summed E-state index contributed by atoms with van der Waals surface area (Å²) >= 11 is 9.18. The van der Waals surface area contributed by atoms with Crippen LogP contribution in [-0.4, -0.2) is 23.1 Å². The molecule has 1 aromatic rings. The quantitative estimate of drug-likeness (QED) is 0.761. The van der Waals surface area contributed by atoms with Crippen molar-refractivity contribution in [2.75, 3.05) is 5.32 Å². The number of nitrogens with one attached hydrogen (secondary N) is 2. The van der Waals surface area contributed by atoms with E-state index in [0.717, 1.165) is 0 Å². The van der Waals surface area contributed by atoms with Crippen molar-refractivity contribution in [2.24, 2.45) is 0 Å². The van der Waals surface area contributed by atoms with Gasteiger partial charge >= 0.3 is 12.0 Å². The molecule has 104 valence electrons. The maximum Gasteiger partial charge on any atom is 0.319 e. The molecule has 0 saturated heterocycles. The second kappa shape index (κ2) is 7.35. The average Bonchev–Trinajstić information content (AvgIpc) is 2.32. The first-order valence-electron chi connectivity index (χ1n) is 5.63. The third-order valence-electron chi connectivity index (χ3n) is 2.37. The Labute approximate surface area is 124 Å². The molecule has 0 aliphatic carbocycles. The van der Waals surface area contributed by atoms with Crippen molar-refractivity contribution >= 4 is 45.2 Å². The standard InChI is InChI=1S/C12H14BrClN2O3/c1-7(5-6-10(17)18)15-12(19)16-9-4-2-3-8(14)11(9)13/h2-4,7H,5-6H2,1H3,(H,17,18)(H2,15,16,19). The van der Waals surface area contributed by atoms with E-state index in [4.69, 9.17) is 16.7 Å². The number of anilines is 1. The number of carboxylic acids is 1. The molecular weight excluding hydrogens is 336 g/mol. The van der Waals surface area contributed by atoms with Crippen molar-refractivity contribution in [3.63, 3.8) is 0 Å². The summed E-state index contributed by atoms with van der Waals surface area (Å²) in [6.07, 6.45) is 0.391. The van der Waals surface area contributed by atoms with Crippen LogP contribution in [0, 0.1) is 0 Å². The third kappa shape index (κ3) is 5.48. The summed E-state index contributed by atoms with van der Waals surface area (Å²) in [4.78, 5) is 22.1. The van der Waals surface area contributed by atoms with Gasteiger partial charge in [0.2, 0.25) is 0 Å². The van der Waals surface area contributed by atoms with Gasteiger partial charge in [-0.1, -0.05) is 17.7 Å². The molecule has 1 atom stereocenters. The molecule has 0 aromatic heterocycles.